The Morgan fingerprint density at radius 2 is 2.33 bits per heavy atom. The van der Waals surface area contributed by atoms with Crippen molar-refractivity contribution in [3.05, 3.63) is 16.8 Å². The largest absolute Gasteiger partial charge is 0.394 e. The van der Waals surface area contributed by atoms with E-state index in [9.17, 15) is 15.0 Å². The van der Waals surface area contributed by atoms with Gasteiger partial charge in [0.15, 0.2) is 17.7 Å². The SMILES string of the molecule is COC1C(O)[C@@H](CO)O[C@H]1n1c(=O)[nH]c2c(N)ncnc21. The molecule has 0 amide bonds. The number of aromatic nitrogens is 4. The third-order valence-electron chi connectivity index (χ3n) is 3.55. The number of aliphatic hydroxyl groups is 2. The first-order valence-corrected chi connectivity index (χ1v) is 6.26. The van der Waals surface area contributed by atoms with Gasteiger partial charge in [0.1, 0.15) is 30.2 Å². The van der Waals surface area contributed by atoms with Crippen LogP contribution in [0.1, 0.15) is 6.23 Å². The number of hydrogen-bond donors (Lipinski definition) is 4. The molecule has 1 aliphatic rings. The Kier molecular flexibility index (Phi) is 3.37. The molecule has 1 fully saturated rings. The highest BCUT2D eigenvalue weighted by atomic mass is 16.6. The molecule has 0 saturated carbocycles. The number of imidazole rings is 1. The molecule has 1 saturated heterocycles. The van der Waals surface area contributed by atoms with E-state index in [1.165, 1.54) is 18.0 Å². The summed E-state index contributed by atoms with van der Waals surface area (Å²) in [6, 6.07) is 0. The van der Waals surface area contributed by atoms with Gasteiger partial charge in [-0.2, -0.15) is 0 Å². The molecule has 0 spiro atoms. The highest BCUT2D eigenvalue weighted by molar-refractivity contribution is 5.81. The van der Waals surface area contributed by atoms with Crippen LogP contribution in [0.2, 0.25) is 0 Å². The number of hydrogen-bond acceptors (Lipinski definition) is 8. The van der Waals surface area contributed by atoms with E-state index in [4.69, 9.17) is 15.2 Å². The Balaban J connectivity index is 2.14. The second kappa shape index (κ2) is 5.07. The number of fused-ring (bicyclic) bond motifs is 1. The molecule has 3 heterocycles. The van der Waals surface area contributed by atoms with E-state index in [0.717, 1.165) is 0 Å². The number of anilines is 1. The lowest BCUT2D eigenvalue weighted by Gasteiger charge is -2.19. The third-order valence-corrected chi connectivity index (χ3v) is 3.55. The van der Waals surface area contributed by atoms with Crippen LogP contribution in [0.5, 0.6) is 0 Å². The van der Waals surface area contributed by atoms with Crippen molar-refractivity contribution in [1.29, 1.82) is 0 Å². The summed E-state index contributed by atoms with van der Waals surface area (Å²) in [6.45, 7) is -0.397. The molecular formula is C11H15N5O5. The maximum atomic E-state index is 12.1. The molecule has 2 unspecified atom stereocenters. The number of aliphatic hydroxyl groups excluding tert-OH is 2. The summed E-state index contributed by atoms with van der Waals surface area (Å²) in [4.78, 5) is 22.5. The van der Waals surface area contributed by atoms with E-state index in [2.05, 4.69) is 15.0 Å². The molecule has 10 heteroatoms. The number of ether oxygens (including phenoxy) is 2. The van der Waals surface area contributed by atoms with Crippen molar-refractivity contribution in [2.75, 3.05) is 19.5 Å². The van der Waals surface area contributed by atoms with E-state index in [0.29, 0.717) is 0 Å². The molecule has 2 aromatic rings. The van der Waals surface area contributed by atoms with Gasteiger partial charge in [0.2, 0.25) is 0 Å². The van der Waals surface area contributed by atoms with Gasteiger partial charge in [-0.25, -0.2) is 19.3 Å². The van der Waals surface area contributed by atoms with Crippen molar-refractivity contribution < 1.29 is 19.7 Å². The molecule has 114 valence electrons. The first-order chi connectivity index (χ1) is 10.1. The number of nitrogens with two attached hydrogens (primary N) is 1. The molecule has 4 atom stereocenters. The fraction of sp³-hybridized carbons (Fsp3) is 0.545. The summed E-state index contributed by atoms with van der Waals surface area (Å²) in [5, 5.41) is 19.3. The zero-order valence-corrected chi connectivity index (χ0v) is 11.1. The lowest BCUT2D eigenvalue weighted by Crippen LogP contribution is -2.36. The van der Waals surface area contributed by atoms with Crippen molar-refractivity contribution in [3.63, 3.8) is 0 Å². The number of H-pyrrole nitrogens is 1. The lowest BCUT2D eigenvalue weighted by atomic mass is 10.1. The maximum absolute atomic E-state index is 12.1. The topological polar surface area (TPSA) is 149 Å². The van der Waals surface area contributed by atoms with Gasteiger partial charge in [-0.05, 0) is 0 Å². The molecule has 2 aromatic heterocycles. The summed E-state index contributed by atoms with van der Waals surface area (Å²) >= 11 is 0. The van der Waals surface area contributed by atoms with Crippen LogP contribution in [0.4, 0.5) is 5.82 Å². The Morgan fingerprint density at radius 3 is 3.00 bits per heavy atom. The minimum Gasteiger partial charge on any atom is -0.394 e. The number of nitrogens with one attached hydrogen (secondary N) is 1. The van der Waals surface area contributed by atoms with Crippen molar-refractivity contribution in [3.8, 4) is 0 Å². The monoisotopic (exact) mass is 297 g/mol. The van der Waals surface area contributed by atoms with E-state index < -0.39 is 36.8 Å². The van der Waals surface area contributed by atoms with Crippen LogP contribution < -0.4 is 11.4 Å². The van der Waals surface area contributed by atoms with Gasteiger partial charge in [-0.3, -0.25) is 0 Å². The predicted molar refractivity (Wildman–Crippen MR) is 70.4 cm³/mol. The highest BCUT2D eigenvalue weighted by Gasteiger charge is 2.46. The van der Waals surface area contributed by atoms with Crippen LogP contribution in [-0.2, 0) is 9.47 Å². The minimum absolute atomic E-state index is 0.127. The fourth-order valence-corrected chi connectivity index (χ4v) is 2.52. The molecular weight excluding hydrogens is 282 g/mol. The van der Waals surface area contributed by atoms with Crippen LogP contribution in [0.3, 0.4) is 0 Å². The molecule has 3 rings (SSSR count). The Hall–Kier alpha value is -2.01. The van der Waals surface area contributed by atoms with Gasteiger partial charge in [0, 0.05) is 7.11 Å². The Bertz CT molecular complexity index is 713. The van der Waals surface area contributed by atoms with Crippen LogP contribution >= 0.6 is 0 Å². The van der Waals surface area contributed by atoms with Gasteiger partial charge >= 0.3 is 5.69 Å². The molecule has 10 nitrogen and oxygen atoms in total. The molecule has 5 N–H and O–H groups in total. The average molecular weight is 297 g/mol. The van der Waals surface area contributed by atoms with Crippen LogP contribution in [0, 0.1) is 0 Å². The molecule has 0 radical (unpaired) electrons. The van der Waals surface area contributed by atoms with Crippen LogP contribution in [0.25, 0.3) is 11.2 Å². The van der Waals surface area contributed by atoms with Gasteiger partial charge in [-0.15, -0.1) is 0 Å². The fourth-order valence-electron chi connectivity index (χ4n) is 2.52. The second-order valence-corrected chi connectivity index (χ2v) is 4.70. The smallest absolute Gasteiger partial charge is 0.330 e. The number of aromatic amines is 1. The quantitative estimate of drug-likeness (QED) is 0.506. The second-order valence-electron chi connectivity index (χ2n) is 4.70. The lowest BCUT2D eigenvalue weighted by molar-refractivity contribution is -0.0598. The number of methoxy groups -OCH3 is 1. The van der Waals surface area contributed by atoms with Gasteiger partial charge in [0.25, 0.3) is 0 Å². The zero-order chi connectivity index (χ0) is 15.1. The first kappa shape index (κ1) is 13.9. The van der Waals surface area contributed by atoms with Crippen LogP contribution in [-0.4, -0.2) is 61.8 Å². The van der Waals surface area contributed by atoms with Crippen LogP contribution in [0.15, 0.2) is 11.1 Å². The van der Waals surface area contributed by atoms with E-state index in [1.54, 1.807) is 0 Å². The third kappa shape index (κ3) is 2.00. The highest BCUT2D eigenvalue weighted by Crippen LogP contribution is 2.32. The maximum Gasteiger partial charge on any atom is 0.330 e. The normalized spacial score (nSPS) is 29.3. The first-order valence-electron chi connectivity index (χ1n) is 6.26. The standard InChI is InChI=1S/C11H15N5O5/c1-20-7-6(18)4(2-17)21-10(7)16-9-5(15-11(16)19)8(12)13-3-14-9/h3-4,6-7,10,17-18H,2H2,1H3,(H,15,19)(H2,12,13,14)/t4-,6?,7?,10-/m1/s1. The number of rotatable bonds is 3. The molecule has 1 aliphatic heterocycles. The summed E-state index contributed by atoms with van der Waals surface area (Å²) in [7, 11) is 1.38. The van der Waals surface area contributed by atoms with Crippen molar-refractivity contribution in [2.45, 2.75) is 24.5 Å². The summed E-state index contributed by atoms with van der Waals surface area (Å²) < 4.78 is 11.9. The summed E-state index contributed by atoms with van der Waals surface area (Å²) in [5.41, 5.74) is 5.69. The van der Waals surface area contributed by atoms with Crippen molar-refractivity contribution in [1.82, 2.24) is 19.5 Å². The molecule has 0 bridgehead atoms. The van der Waals surface area contributed by atoms with E-state index in [-0.39, 0.29) is 17.0 Å². The Morgan fingerprint density at radius 1 is 1.57 bits per heavy atom. The summed E-state index contributed by atoms with van der Waals surface area (Å²) in [5.74, 6) is 0.127. The molecule has 0 aromatic carbocycles. The number of nitrogens with zero attached hydrogens (tertiary/aromatic N) is 3. The predicted octanol–water partition coefficient (Wildman–Crippen LogP) is -2.03. The Labute approximate surface area is 118 Å². The number of nitrogen functional groups attached to an aromatic ring is 1. The molecule has 21 heavy (non-hydrogen) atoms. The van der Waals surface area contributed by atoms with Crippen molar-refractivity contribution >= 4 is 17.0 Å². The molecule has 0 aliphatic carbocycles. The van der Waals surface area contributed by atoms with Crippen molar-refractivity contribution in [2.24, 2.45) is 0 Å². The van der Waals surface area contributed by atoms with Gasteiger partial charge in [-0.1, -0.05) is 0 Å². The van der Waals surface area contributed by atoms with Gasteiger partial charge < -0.3 is 30.4 Å². The van der Waals surface area contributed by atoms with Gasteiger partial charge in [0.05, 0.1) is 6.61 Å². The zero-order valence-electron chi connectivity index (χ0n) is 11.1. The van der Waals surface area contributed by atoms with E-state index >= 15 is 0 Å². The minimum atomic E-state index is -1.07. The average Bonchev–Trinajstić information content (AvgIpc) is 2.96. The summed E-state index contributed by atoms with van der Waals surface area (Å²) in [6.07, 6.45) is -2.46. The van der Waals surface area contributed by atoms with E-state index in [1.807, 2.05) is 0 Å².